The smallest absolute Gasteiger partial charge is 0.417 e. The summed E-state index contributed by atoms with van der Waals surface area (Å²) < 4.78 is 38.7. The summed E-state index contributed by atoms with van der Waals surface area (Å²) in [5.74, 6) is -1.76. The number of aromatic nitrogens is 1. The van der Waals surface area contributed by atoms with Crippen molar-refractivity contribution in [3.63, 3.8) is 0 Å². The fraction of sp³-hybridized carbons (Fsp3) is 0.143. The Balaban J connectivity index is 2.39. The van der Waals surface area contributed by atoms with Crippen molar-refractivity contribution < 1.29 is 28.2 Å². The normalized spacial score (nSPS) is 11.5. The molecule has 122 valence electrons. The van der Waals surface area contributed by atoms with Crippen molar-refractivity contribution >= 4 is 17.4 Å². The van der Waals surface area contributed by atoms with Gasteiger partial charge in [-0.25, -0.2) is 0 Å². The van der Waals surface area contributed by atoms with Gasteiger partial charge in [-0.05, 0) is 24.3 Å². The maximum absolute atomic E-state index is 12.7. The van der Waals surface area contributed by atoms with Gasteiger partial charge >= 0.3 is 6.18 Å². The minimum atomic E-state index is -4.72. The number of pyridine rings is 1. The zero-order valence-corrected chi connectivity index (χ0v) is 12.0. The molecule has 0 aliphatic carbocycles. The quantitative estimate of drug-likeness (QED) is 0.661. The minimum Gasteiger partial charge on any atom is -0.504 e. The van der Waals surface area contributed by atoms with Crippen molar-refractivity contribution in [2.24, 2.45) is 0 Å². The Labute approximate surface area is 132 Å². The Hall–Kier alpha value is -2.48. The molecule has 0 spiro atoms. The number of rotatable bonds is 3. The van der Waals surface area contributed by atoms with E-state index in [2.05, 4.69) is 0 Å². The molecule has 1 aromatic heterocycles. The van der Waals surface area contributed by atoms with E-state index in [0.717, 1.165) is 18.2 Å². The van der Waals surface area contributed by atoms with Gasteiger partial charge in [-0.15, -0.1) is 0 Å². The Morgan fingerprint density at radius 2 is 1.83 bits per heavy atom. The molecule has 2 aromatic rings. The van der Waals surface area contributed by atoms with Crippen LogP contribution in [0.15, 0.2) is 35.3 Å². The SMILES string of the molecule is O=C(Cn1cc(C(F)(F)F)cc(Cl)c1=O)c1ccc(O)c(O)c1. The van der Waals surface area contributed by atoms with E-state index in [1.165, 1.54) is 0 Å². The molecule has 9 heteroatoms. The number of halogens is 4. The zero-order chi connectivity index (χ0) is 17.4. The van der Waals surface area contributed by atoms with E-state index in [9.17, 15) is 27.9 Å². The molecule has 0 saturated heterocycles. The molecule has 0 aliphatic heterocycles. The number of ketones is 1. The number of aromatic hydroxyl groups is 2. The fourth-order valence-corrected chi connectivity index (χ4v) is 2.04. The van der Waals surface area contributed by atoms with E-state index in [1.54, 1.807) is 0 Å². The third kappa shape index (κ3) is 3.65. The molecule has 0 fully saturated rings. The Bertz CT molecular complexity index is 830. The molecule has 1 heterocycles. The number of benzene rings is 1. The first kappa shape index (κ1) is 16.9. The van der Waals surface area contributed by atoms with E-state index in [-0.39, 0.29) is 5.56 Å². The standard InChI is InChI=1S/C14H9ClF3NO4/c15-9-4-8(14(16,17)18)5-19(13(9)23)6-12(22)7-1-2-10(20)11(21)3-7/h1-5,20-21H,6H2. The van der Waals surface area contributed by atoms with E-state index >= 15 is 0 Å². The highest BCUT2D eigenvalue weighted by Crippen LogP contribution is 2.30. The third-order valence-electron chi connectivity index (χ3n) is 2.98. The fourth-order valence-electron chi connectivity index (χ4n) is 1.81. The maximum Gasteiger partial charge on any atom is 0.417 e. The van der Waals surface area contributed by atoms with Crippen molar-refractivity contribution in [3.05, 3.63) is 57.0 Å². The van der Waals surface area contributed by atoms with Crippen LogP contribution in [-0.4, -0.2) is 20.6 Å². The number of Topliss-reactive ketones (excluding diaryl/α,β-unsaturated/α-hetero) is 1. The van der Waals surface area contributed by atoms with Crippen LogP contribution < -0.4 is 5.56 Å². The van der Waals surface area contributed by atoms with E-state index in [0.29, 0.717) is 16.8 Å². The predicted octanol–water partition coefficient (Wildman–Crippen LogP) is 2.81. The number of carbonyl (C=O) groups is 1. The van der Waals surface area contributed by atoms with Crippen LogP contribution in [-0.2, 0) is 12.7 Å². The van der Waals surface area contributed by atoms with Crippen molar-refractivity contribution in [3.8, 4) is 11.5 Å². The van der Waals surface area contributed by atoms with E-state index in [1.807, 2.05) is 0 Å². The largest absolute Gasteiger partial charge is 0.504 e. The number of phenols is 2. The first-order valence-electron chi connectivity index (χ1n) is 6.12. The number of nitrogens with zero attached hydrogens (tertiary/aromatic N) is 1. The van der Waals surface area contributed by atoms with E-state index in [4.69, 9.17) is 16.7 Å². The molecule has 0 amide bonds. The highest BCUT2D eigenvalue weighted by molar-refractivity contribution is 6.30. The van der Waals surface area contributed by atoms with Gasteiger partial charge in [0.1, 0.15) is 5.02 Å². The van der Waals surface area contributed by atoms with Gasteiger partial charge in [0.05, 0.1) is 12.1 Å². The summed E-state index contributed by atoms with van der Waals surface area (Å²) >= 11 is 5.48. The highest BCUT2D eigenvalue weighted by atomic mass is 35.5. The zero-order valence-electron chi connectivity index (χ0n) is 11.3. The van der Waals surface area contributed by atoms with Gasteiger partial charge in [0.2, 0.25) is 0 Å². The van der Waals surface area contributed by atoms with Gasteiger partial charge < -0.3 is 14.8 Å². The summed E-state index contributed by atoms with van der Waals surface area (Å²) in [5, 5.41) is 17.8. The van der Waals surface area contributed by atoms with E-state index < -0.39 is 46.1 Å². The van der Waals surface area contributed by atoms with Crippen LogP contribution in [0.25, 0.3) is 0 Å². The second-order valence-corrected chi connectivity index (χ2v) is 5.04. The van der Waals surface area contributed by atoms with Crippen molar-refractivity contribution in [2.45, 2.75) is 12.7 Å². The second kappa shape index (κ2) is 5.96. The third-order valence-corrected chi connectivity index (χ3v) is 3.25. The van der Waals surface area contributed by atoms with Crippen molar-refractivity contribution in [1.29, 1.82) is 0 Å². The molecular weight excluding hydrogens is 339 g/mol. The first-order chi connectivity index (χ1) is 10.6. The van der Waals surface area contributed by atoms with Crippen LogP contribution in [0.5, 0.6) is 11.5 Å². The van der Waals surface area contributed by atoms with Crippen LogP contribution in [0, 0.1) is 0 Å². The molecule has 0 atom stereocenters. The number of phenolic OH excluding ortho intramolecular Hbond substituents is 2. The lowest BCUT2D eigenvalue weighted by atomic mass is 10.1. The number of alkyl halides is 3. The topological polar surface area (TPSA) is 79.5 Å². The lowest BCUT2D eigenvalue weighted by Crippen LogP contribution is -2.26. The van der Waals surface area contributed by atoms with Crippen LogP contribution in [0.3, 0.4) is 0 Å². The van der Waals surface area contributed by atoms with Gasteiger partial charge in [-0.2, -0.15) is 13.2 Å². The van der Waals surface area contributed by atoms with Gasteiger partial charge in [0.25, 0.3) is 5.56 Å². The van der Waals surface area contributed by atoms with Gasteiger partial charge in [-0.1, -0.05) is 11.6 Å². The summed E-state index contributed by atoms with van der Waals surface area (Å²) in [7, 11) is 0. The minimum absolute atomic E-state index is 0.0827. The van der Waals surface area contributed by atoms with Gasteiger partial charge in [0.15, 0.2) is 17.3 Å². The highest BCUT2D eigenvalue weighted by Gasteiger charge is 2.32. The molecule has 1 aromatic carbocycles. The summed E-state index contributed by atoms with van der Waals surface area (Å²) in [5.41, 5.74) is -2.19. The lowest BCUT2D eigenvalue weighted by molar-refractivity contribution is -0.138. The Kier molecular flexibility index (Phi) is 4.37. The molecule has 0 aliphatic rings. The summed E-state index contributed by atoms with van der Waals surface area (Å²) in [6.45, 7) is -0.702. The molecule has 0 bridgehead atoms. The molecule has 2 rings (SSSR count). The van der Waals surface area contributed by atoms with Crippen molar-refractivity contribution in [2.75, 3.05) is 0 Å². The summed E-state index contributed by atoms with van der Waals surface area (Å²) in [4.78, 5) is 23.8. The van der Waals surface area contributed by atoms with Crippen LogP contribution in [0.1, 0.15) is 15.9 Å². The maximum atomic E-state index is 12.7. The Morgan fingerprint density at radius 1 is 1.17 bits per heavy atom. The van der Waals surface area contributed by atoms with Crippen LogP contribution in [0.4, 0.5) is 13.2 Å². The molecular formula is C14H9ClF3NO4. The van der Waals surface area contributed by atoms with Gasteiger partial charge in [0, 0.05) is 11.8 Å². The summed E-state index contributed by atoms with van der Waals surface area (Å²) in [6.07, 6.45) is -4.23. The average Bonchev–Trinajstić information content (AvgIpc) is 2.45. The van der Waals surface area contributed by atoms with Crippen LogP contribution >= 0.6 is 11.6 Å². The molecule has 0 unspecified atom stereocenters. The molecule has 5 nitrogen and oxygen atoms in total. The second-order valence-electron chi connectivity index (χ2n) is 4.63. The first-order valence-corrected chi connectivity index (χ1v) is 6.50. The predicted molar refractivity (Wildman–Crippen MR) is 74.8 cm³/mol. The average molecular weight is 348 g/mol. The monoisotopic (exact) mass is 347 g/mol. The summed E-state index contributed by atoms with van der Waals surface area (Å²) in [6, 6.07) is 3.64. The molecule has 0 radical (unpaired) electrons. The van der Waals surface area contributed by atoms with Gasteiger partial charge in [-0.3, -0.25) is 9.59 Å². The number of hydrogen-bond donors (Lipinski definition) is 2. The Morgan fingerprint density at radius 3 is 2.39 bits per heavy atom. The number of hydrogen-bond acceptors (Lipinski definition) is 4. The molecule has 0 saturated carbocycles. The number of carbonyl (C=O) groups excluding carboxylic acids is 1. The molecule has 23 heavy (non-hydrogen) atoms. The lowest BCUT2D eigenvalue weighted by Gasteiger charge is -2.11. The van der Waals surface area contributed by atoms with Crippen LogP contribution in [0.2, 0.25) is 5.02 Å². The molecule has 2 N–H and O–H groups in total. The van der Waals surface area contributed by atoms with Crippen molar-refractivity contribution in [1.82, 2.24) is 4.57 Å².